The Bertz CT molecular complexity index is 485. The second kappa shape index (κ2) is 6.29. The quantitative estimate of drug-likeness (QED) is 0.774. The summed E-state index contributed by atoms with van der Waals surface area (Å²) in [7, 11) is 2.82. The van der Waals surface area contributed by atoms with Gasteiger partial charge in [0.05, 0.1) is 19.2 Å². The van der Waals surface area contributed by atoms with Crippen LogP contribution < -0.4 is 9.47 Å². The number of halogens is 1. The third-order valence-electron chi connectivity index (χ3n) is 2.59. The van der Waals surface area contributed by atoms with Crippen LogP contribution in [-0.4, -0.2) is 36.4 Å². The van der Waals surface area contributed by atoms with E-state index < -0.39 is 17.9 Å². The van der Waals surface area contributed by atoms with E-state index in [1.165, 1.54) is 20.3 Å². The van der Waals surface area contributed by atoms with Gasteiger partial charge < -0.3 is 19.7 Å². The van der Waals surface area contributed by atoms with Crippen molar-refractivity contribution in [2.45, 2.75) is 6.42 Å². The first-order valence-corrected chi connectivity index (χ1v) is 5.65. The van der Waals surface area contributed by atoms with Crippen LogP contribution in [0.4, 0.5) is 0 Å². The third kappa shape index (κ3) is 3.29. The zero-order valence-electron chi connectivity index (χ0n) is 10.3. The highest BCUT2D eigenvalue weighted by Crippen LogP contribution is 2.38. The smallest absolute Gasteiger partial charge is 0.318 e. The predicted octanol–water partition coefficient (Wildman–Crippen LogP) is 1.69. The molecule has 0 radical (unpaired) electrons. The zero-order chi connectivity index (χ0) is 14.6. The SMILES string of the molecule is COc1ccc(CC(C(=O)O)C(=O)O)c(Cl)c1OC. The molecule has 0 aliphatic rings. The van der Waals surface area contributed by atoms with Gasteiger partial charge in [-0.3, -0.25) is 9.59 Å². The van der Waals surface area contributed by atoms with Crippen molar-refractivity contribution in [3.05, 3.63) is 22.7 Å². The second-order valence-corrected chi connectivity index (χ2v) is 4.09. The van der Waals surface area contributed by atoms with Crippen molar-refractivity contribution < 1.29 is 29.3 Å². The van der Waals surface area contributed by atoms with E-state index in [0.717, 1.165) is 0 Å². The highest BCUT2D eigenvalue weighted by atomic mass is 35.5. The van der Waals surface area contributed by atoms with Crippen LogP contribution in [0.25, 0.3) is 0 Å². The molecule has 0 heterocycles. The molecule has 0 atom stereocenters. The maximum atomic E-state index is 10.9. The summed E-state index contributed by atoms with van der Waals surface area (Å²) in [6.07, 6.45) is -0.232. The molecule has 0 unspecified atom stereocenters. The van der Waals surface area contributed by atoms with Crippen molar-refractivity contribution in [3.8, 4) is 11.5 Å². The topological polar surface area (TPSA) is 93.1 Å². The Balaban J connectivity index is 3.15. The summed E-state index contributed by atoms with van der Waals surface area (Å²) in [5.41, 5.74) is 0.370. The third-order valence-corrected chi connectivity index (χ3v) is 3.00. The van der Waals surface area contributed by atoms with E-state index in [-0.39, 0.29) is 17.2 Å². The van der Waals surface area contributed by atoms with Gasteiger partial charge in [-0.1, -0.05) is 17.7 Å². The molecule has 1 aromatic rings. The van der Waals surface area contributed by atoms with Gasteiger partial charge in [-0.15, -0.1) is 0 Å². The lowest BCUT2D eigenvalue weighted by Gasteiger charge is -2.14. The van der Waals surface area contributed by atoms with Crippen molar-refractivity contribution in [1.29, 1.82) is 0 Å². The summed E-state index contributed by atoms with van der Waals surface area (Å²) in [6.45, 7) is 0. The maximum absolute atomic E-state index is 10.9. The molecule has 6 nitrogen and oxygen atoms in total. The van der Waals surface area contributed by atoms with Gasteiger partial charge in [-0.25, -0.2) is 0 Å². The summed E-state index contributed by atoms with van der Waals surface area (Å²) in [5, 5.41) is 17.8. The van der Waals surface area contributed by atoms with Gasteiger partial charge in [0.25, 0.3) is 0 Å². The van der Waals surface area contributed by atoms with E-state index in [9.17, 15) is 9.59 Å². The number of carbonyl (C=O) groups is 2. The van der Waals surface area contributed by atoms with E-state index in [1.54, 1.807) is 6.07 Å². The Morgan fingerprint density at radius 2 is 1.79 bits per heavy atom. The van der Waals surface area contributed by atoms with Crippen molar-refractivity contribution in [2.75, 3.05) is 14.2 Å². The first kappa shape index (κ1) is 15.1. The summed E-state index contributed by atoms with van der Waals surface area (Å²) in [5.74, 6) is -3.76. The van der Waals surface area contributed by atoms with E-state index in [0.29, 0.717) is 11.3 Å². The predicted molar refractivity (Wildman–Crippen MR) is 67.0 cm³/mol. The molecule has 1 rings (SSSR count). The number of carboxylic acids is 2. The number of hydrogen-bond donors (Lipinski definition) is 2. The molecule has 2 N–H and O–H groups in total. The lowest BCUT2D eigenvalue weighted by atomic mass is 9.99. The number of rotatable bonds is 6. The molecule has 7 heteroatoms. The molecular weight excluding hydrogens is 276 g/mol. The number of ether oxygens (including phenoxy) is 2. The fourth-order valence-corrected chi connectivity index (χ4v) is 1.90. The van der Waals surface area contributed by atoms with Crippen molar-refractivity contribution >= 4 is 23.5 Å². The van der Waals surface area contributed by atoms with E-state index in [1.807, 2.05) is 0 Å². The van der Waals surface area contributed by atoms with Crippen LogP contribution in [0.5, 0.6) is 11.5 Å². The van der Waals surface area contributed by atoms with Gasteiger partial charge in [0.2, 0.25) is 0 Å². The Hall–Kier alpha value is -1.95. The fraction of sp³-hybridized carbons (Fsp3) is 0.333. The first-order chi connectivity index (χ1) is 8.92. The minimum absolute atomic E-state index is 0.148. The molecule has 104 valence electrons. The molecular formula is C12H13ClO6. The molecule has 0 saturated heterocycles. The van der Waals surface area contributed by atoms with Crippen LogP contribution in [0.2, 0.25) is 5.02 Å². The van der Waals surface area contributed by atoms with Crippen LogP contribution in [-0.2, 0) is 16.0 Å². The molecule has 0 spiro atoms. The van der Waals surface area contributed by atoms with Crippen LogP contribution in [0, 0.1) is 5.92 Å². The first-order valence-electron chi connectivity index (χ1n) is 5.27. The van der Waals surface area contributed by atoms with Gasteiger partial charge in [-0.2, -0.15) is 0 Å². The average Bonchev–Trinajstić information content (AvgIpc) is 2.35. The van der Waals surface area contributed by atoms with Crippen LogP contribution in [0.3, 0.4) is 0 Å². The van der Waals surface area contributed by atoms with Gasteiger partial charge >= 0.3 is 11.9 Å². The minimum Gasteiger partial charge on any atom is -0.493 e. The molecule has 19 heavy (non-hydrogen) atoms. The second-order valence-electron chi connectivity index (χ2n) is 3.71. The lowest BCUT2D eigenvalue weighted by Crippen LogP contribution is -2.25. The monoisotopic (exact) mass is 288 g/mol. The Morgan fingerprint density at radius 1 is 1.21 bits per heavy atom. The largest absolute Gasteiger partial charge is 0.493 e. The fourth-order valence-electron chi connectivity index (χ4n) is 1.59. The average molecular weight is 289 g/mol. The minimum atomic E-state index is -1.56. The van der Waals surface area contributed by atoms with Gasteiger partial charge in [-0.05, 0) is 18.1 Å². The number of aliphatic carboxylic acids is 2. The molecule has 0 saturated carbocycles. The summed E-state index contributed by atoms with van der Waals surface area (Å²) in [4.78, 5) is 21.7. The molecule has 0 amide bonds. The Morgan fingerprint density at radius 3 is 2.21 bits per heavy atom. The van der Waals surface area contributed by atoms with Crippen molar-refractivity contribution in [1.82, 2.24) is 0 Å². The molecule has 1 aromatic carbocycles. The number of methoxy groups -OCH3 is 2. The van der Waals surface area contributed by atoms with Gasteiger partial charge in [0.1, 0.15) is 0 Å². The summed E-state index contributed by atoms with van der Waals surface area (Å²) < 4.78 is 10.1. The van der Waals surface area contributed by atoms with Crippen LogP contribution in [0.1, 0.15) is 5.56 Å². The van der Waals surface area contributed by atoms with Crippen LogP contribution in [0.15, 0.2) is 12.1 Å². The number of benzene rings is 1. The highest BCUT2D eigenvalue weighted by Gasteiger charge is 2.28. The van der Waals surface area contributed by atoms with Crippen LogP contribution >= 0.6 is 11.6 Å². The number of hydrogen-bond acceptors (Lipinski definition) is 4. The van der Waals surface area contributed by atoms with E-state index in [4.69, 9.17) is 31.3 Å². The molecule has 0 bridgehead atoms. The molecule has 0 aliphatic carbocycles. The Kier molecular flexibility index (Phi) is 5.00. The van der Waals surface area contributed by atoms with Crippen molar-refractivity contribution in [2.24, 2.45) is 5.92 Å². The van der Waals surface area contributed by atoms with Crippen molar-refractivity contribution in [3.63, 3.8) is 0 Å². The molecule has 0 aliphatic heterocycles. The maximum Gasteiger partial charge on any atom is 0.318 e. The highest BCUT2D eigenvalue weighted by molar-refractivity contribution is 6.33. The van der Waals surface area contributed by atoms with E-state index >= 15 is 0 Å². The Labute approximate surface area is 114 Å². The zero-order valence-corrected chi connectivity index (χ0v) is 11.1. The van der Waals surface area contributed by atoms with Gasteiger partial charge in [0.15, 0.2) is 17.4 Å². The number of carboxylic acid groups (broad SMARTS) is 2. The molecule has 0 aromatic heterocycles. The summed E-state index contributed by atoms with van der Waals surface area (Å²) in [6, 6.07) is 3.06. The lowest BCUT2D eigenvalue weighted by molar-refractivity contribution is -0.154. The standard InChI is InChI=1S/C12H13ClO6/c1-18-8-4-3-6(9(13)10(8)19-2)5-7(11(14)15)12(16)17/h3-4,7H,5H2,1-2H3,(H,14,15)(H,16,17). The normalized spacial score (nSPS) is 10.3. The summed E-state index contributed by atoms with van der Waals surface area (Å²) >= 11 is 6.06. The molecule has 0 fully saturated rings. The van der Waals surface area contributed by atoms with Gasteiger partial charge in [0, 0.05) is 0 Å². The van der Waals surface area contributed by atoms with E-state index in [2.05, 4.69) is 0 Å².